The molecule has 0 bridgehead atoms. The summed E-state index contributed by atoms with van der Waals surface area (Å²) in [5, 5.41) is 11.6. The minimum absolute atomic E-state index is 0.0595. The van der Waals surface area contributed by atoms with E-state index in [9.17, 15) is 4.79 Å². The van der Waals surface area contributed by atoms with Crippen LogP contribution in [0.4, 0.5) is 0 Å². The van der Waals surface area contributed by atoms with Gasteiger partial charge in [0.2, 0.25) is 5.91 Å². The number of likely N-dealkylation sites (N-methyl/N-ethyl adjacent to an activating group) is 1. The zero-order chi connectivity index (χ0) is 14.5. The van der Waals surface area contributed by atoms with Gasteiger partial charge in [0.1, 0.15) is 0 Å². The van der Waals surface area contributed by atoms with Gasteiger partial charge in [-0.05, 0) is 37.3 Å². The standard InChI is InChI=1S/C15H21N3O2/c1-2-18(10-14(16)17-20)15(19)13-9-5-7-11-6-3-4-8-12(11)13/h3-4,6,8,13,20H,2,5,7,9-10H2,1H3,(H2,16,17). The molecule has 20 heavy (non-hydrogen) atoms. The summed E-state index contributed by atoms with van der Waals surface area (Å²) < 4.78 is 0. The van der Waals surface area contributed by atoms with Crippen LogP contribution in [0, 0.1) is 0 Å². The van der Waals surface area contributed by atoms with Crippen LogP contribution in [0.3, 0.4) is 0 Å². The van der Waals surface area contributed by atoms with E-state index in [1.54, 1.807) is 4.90 Å². The molecule has 1 unspecified atom stereocenters. The number of nitrogens with two attached hydrogens (primary N) is 1. The zero-order valence-electron chi connectivity index (χ0n) is 11.7. The summed E-state index contributed by atoms with van der Waals surface area (Å²) in [5.74, 6) is 0.0157. The summed E-state index contributed by atoms with van der Waals surface area (Å²) in [7, 11) is 0. The minimum Gasteiger partial charge on any atom is -0.409 e. The Morgan fingerprint density at radius 1 is 1.50 bits per heavy atom. The number of nitrogens with zero attached hydrogens (tertiary/aromatic N) is 2. The molecule has 1 amide bonds. The van der Waals surface area contributed by atoms with Crippen molar-refractivity contribution >= 4 is 11.7 Å². The van der Waals surface area contributed by atoms with Crippen molar-refractivity contribution in [3.8, 4) is 0 Å². The van der Waals surface area contributed by atoms with Gasteiger partial charge < -0.3 is 15.8 Å². The van der Waals surface area contributed by atoms with Gasteiger partial charge in [-0.1, -0.05) is 29.4 Å². The molecule has 0 heterocycles. The van der Waals surface area contributed by atoms with Gasteiger partial charge in [0.05, 0.1) is 12.5 Å². The molecule has 1 aromatic rings. The van der Waals surface area contributed by atoms with E-state index >= 15 is 0 Å². The van der Waals surface area contributed by atoms with Gasteiger partial charge >= 0.3 is 0 Å². The number of rotatable bonds is 4. The molecule has 0 spiro atoms. The molecule has 0 fully saturated rings. The summed E-state index contributed by atoms with van der Waals surface area (Å²) in [6, 6.07) is 8.12. The van der Waals surface area contributed by atoms with Crippen molar-refractivity contribution in [3.63, 3.8) is 0 Å². The van der Waals surface area contributed by atoms with Crippen LogP contribution in [0.25, 0.3) is 0 Å². The molecule has 0 aromatic heterocycles. The molecule has 5 nitrogen and oxygen atoms in total. The Kier molecular flexibility index (Phi) is 4.61. The second-order valence-corrected chi connectivity index (χ2v) is 5.09. The third kappa shape index (κ3) is 2.92. The molecule has 0 saturated heterocycles. The summed E-state index contributed by atoms with van der Waals surface area (Å²) >= 11 is 0. The lowest BCUT2D eigenvalue weighted by molar-refractivity contribution is -0.132. The first-order chi connectivity index (χ1) is 9.67. The van der Waals surface area contributed by atoms with E-state index in [1.807, 2.05) is 25.1 Å². The zero-order valence-corrected chi connectivity index (χ0v) is 11.7. The van der Waals surface area contributed by atoms with Gasteiger partial charge in [-0.2, -0.15) is 0 Å². The van der Waals surface area contributed by atoms with Gasteiger partial charge in [-0.15, -0.1) is 0 Å². The molecule has 1 aliphatic rings. The van der Waals surface area contributed by atoms with Crippen molar-refractivity contribution in [3.05, 3.63) is 35.4 Å². The monoisotopic (exact) mass is 275 g/mol. The molecule has 108 valence electrons. The topological polar surface area (TPSA) is 78.9 Å². The van der Waals surface area contributed by atoms with Crippen molar-refractivity contribution in [2.75, 3.05) is 13.1 Å². The third-order valence-corrected chi connectivity index (χ3v) is 3.84. The van der Waals surface area contributed by atoms with Crippen LogP contribution < -0.4 is 5.73 Å². The summed E-state index contributed by atoms with van der Waals surface area (Å²) in [4.78, 5) is 14.3. The summed E-state index contributed by atoms with van der Waals surface area (Å²) in [6.07, 6.45) is 2.92. The van der Waals surface area contributed by atoms with Gasteiger partial charge in [0.15, 0.2) is 5.84 Å². The number of fused-ring (bicyclic) bond motifs is 1. The van der Waals surface area contributed by atoms with E-state index in [1.165, 1.54) is 5.56 Å². The molecule has 0 saturated carbocycles. The van der Waals surface area contributed by atoms with Crippen molar-refractivity contribution in [1.29, 1.82) is 0 Å². The second-order valence-electron chi connectivity index (χ2n) is 5.09. The first kappa shape index (κ1) is 14.4. The highest BCUT2D eigenvalue weighted by Gasteiger charge is 2.29. The summed E-state index contributed by atoms with van der Waals surface area (Å²) in [6.45, 7) is 2.62. The first-order valence-corrected chi connectivity index (χ1v) is 7.00. The van der Waals surface area contributed by atoms with Crippen LogP contribution in [0.1, 0.15) is 36.8 Å². The molecule has 3 N–H and O–H groups in total. The second kappa shape index (κ2) is 6.41. The number of aryl methyl sites for hydroxylation is 1. The van der Waals surface area contributed by atoms with Crippen molar-refractivity contribution in [2.45, 2.75) is 32.1 Å². The van der Waals surface area contributed by atoms with Crippen molar-refractivity contribution < 1.29 is 10.0 Å². The molecule has 1 atom stereocenters. The Morgan fingerprint density at radius 3 is 2.95 bits per heavy atom. The van der Waals surface area contributed by atoms with Gasteiger partial charge in [0, 0.05) is 6.54 Å². The predicted molar refractivity (Wildman–Crippen MR) is 77.8 cm³/mol. The van der Waals surface area contributed by atoms with Crippen LogP contribution in [0.15, 0.2) is 29.4 Å². The number of oxime groups is 1. The highest BCUT2D eigenvalue weighted by molar-refractivity contribution is 5.90. The molecule has 0 aliphatic heterocycles. The maximum absolute atomic E-state index is 12.7. The number of amides is 1. The maximum atomic E-state index is 12.7. The van der Waals surface area contributed by atoms with Gasteiger partial charge in [-0.25, -0.2) is 0 Å². The molecule has 0 radical (unpaired) electrons. The SMILES string of the molecule is CCN(CC(N)=NO)C(=O)C1CCCc2ccccc21. The van der Waals surface area contributed by atoms with Crippen LogP contribution in [-0.4, -0.2) is 34.9 Å². The number of carbonyl (C=O) groups excluding carboxylic acids is 1. The van der Waals surface area contributed by atoms with Crippen molar-refractivity contribution in [1.82, 2.24) is 4.90 Å². The number of hydrogen-bond acceptors (Lipinski definition) is 3. The molecule has 2 rings (SSSR count). The van der Waals surface area contributed by atoms with E-state index < -0.39 is 0 Å². The Balaban J connectivity index is 2.21. The van der Waals surface area contributed by atoms with Crippen LogP contribution in [-0.2, 0) is 11.2 Å². The third-order valence-electron chi connectivity index (χ3n) is 3.84. The molecular formula is C15H21N3O2. The fourth-order valence-electron chi connectivity index (χ4n) is 2.80. The maximum Gasteiger partial charge on any atom is 0.230 e. The Morgan fingerprint density at radius 2 is 2.25 bits per heavy atom. The lowest BCUT2D eigenvalue weighted by Crippen LogP contribution is -2.41. The van der Waals surface area contributed by atoms with Gasteiger partial charge in [0.25, 0.3) is 0 Å². The fraction of sp³-hybridized carbons (Fsp3) is 0.467. The quantitative estimate of drug-likeness (QED) is 0.380. The van der Waals surface area contributed by atoms with E-state index in [0.29, 0.717) is 6.54 Å². The largest absolute Gasteiger partial charge is 0.409 e. The number of carbonyl (C=O) groups is 1. The molecular weight excluding hydrogens is 254 g/mol. The van der Waals surface area contributed by atoms with E-state index in [2.05, 4.69) is 11.2 Å². The highest BCUT2D eigenvalue weighted by Crippen LogP contribution is 2.32. The normalized spacial score (nSPS) is 18.4. The van der Waals surface area contributed by atoms with Crippen molar-refractivity contribution in [2.24, 2.45) is 10.9 Å². The minimum atomic E-state index is -0.105. The average molecular weight is 275 g/mol. The lowest BCUT2D eigenvalue weighted by atomic mass is 9.82. The van der Waals surface area contributed by atoms with E-state index in [0.717, 1.165) is 24.8 Å². The lowest BCUT2D eigenvalue weighted by Gasteiger charge is -2.30. The average Bonchev–Trinajstić information content (AvgIpc) is 2.51. The van der Waals surface area contributed by atoms with Gasteiger partial charge in [-0.3, -0.25) is 4.79 Å². The number of amidine groups is 1. The Hall–Kier alpha value is -2.04. The van der Waals surface area contributed by atoms with Crippen LogP contribution >= 0.6 is 0 Å². The number of benzene rings is 1. The summed E-state index contributed by atoms with van der Waals surface area (Å²) in [5.41, 5.74) is 7.91. The molecule has 5 heteroatoms. The van der Waals surface area contributed by atoms with E-state index in [-0.39, 0.29) is 24.2 Å². The molecule has 1 aliphatic carbocycles. The molecule has 1 aromatic carbocycles. The Bertz CT molecular complexity index is 514. The highest BCUT2D eigenvalue weighted by atomic mass is 16.4. The number of hydrogen-bond donors (Lipinski definition) is 2. The van der Waals surface area contributed by atoms with Crippen LogP contribution in [0.2, 0.25) is 0 Å². The fourth-order valence-corrected chi connectivity index (χ4v) is 2.80. The smallest absolute Gasteiger partial charge is 0.230 e. The predicted octanol–water partition coefficient (Wildman–Crippen LogP) is 1.70. The Labute approximate surface area is 119 Å². The van der Waals surface area contributed by atoms with E-state index in [4.69, 9.17) is 10.9 Å². The van der Waals surface area contributed by atoms with Crippen LogP contribution in [0.5, 0.6) is 0 Å². The first-order valence-electron chi connectivity index (χ1n) is 7.00.